The van der Waals surface area contributed by atoms with Gasteiger partial charge in [-0.25, -0.2) is 0 Å². The third-order valence-electron chi connectivity index (χ3n) is 7.39. The van der Waals surface area contributed by atoms with E-state index >= 15 is 0 Å². The molecule has 0 aliphatic rings. The minimum atomic E-state index is -1.66. The Morgan fingerprint density at radius 1 is 0.531 bits per heavy atom. The summed E-state index contributed by atoms with van der Waals surface area (Å²) in [7, 11) is 2.99. The van der Waals surface area contributed by atoms with Crippen molar-refractivity contribution in [1.82, 2.24) is 0 Å². The second-order valence-corrected chi connectivity index (χ2v) is 11.2. The van der Waals surface area contributed by atoms with Crippen LogP contribution in [0.5, 0.6) is 23.0 Å². The lowest BCUT2D eigenvalue weighted by Gasteiger charge is -2.34. The Bertz CT molecular complexity index is 1520. The molecule has 49 heavy (non-hydrogen) atoms. The summed E-state index contributed by atoms with van der Waals surface area (Å²) in [6.07, 6.45) is 0. The van der Waals surface area contributed by atoms with Crippen molar-refractivity contribution < 1.29 is 43.7 Å². The number of ether oxygens (including phenoxy) is 6. The minimum absolute atomic E-state index is 0.0275. The van der Waals surface area contributed by atoms with E-state index in [1.165, 1.54) is 14.0 Å². The lowest BCUT2D eigenvalue weighted by Crippen LogP contribution is -2.45. The van der Waals surface area contributed by atoms with Crippen LogP contribution in [0.1, 0.15) is 6.92 Å². The van der Waals surface area contributed by atoms with Crippen LogP contribution in [-0.2, 0) is 9.47 Å². The highest BCUT2D eigenvalue weighted by Gasteiger charge is 2.37. The van der Waals surface area contributed by atoms with E-state index < -0.39 is 11.3 Å². The van der Waals surface area contributed by atoms with Crippen LogP contribution in [-0.4, -0.2) is 82.1 Å². The summed E-state index contributed by atoms with van der Waals surface area (Å²) < 4.78 is 36.3. The second-order valence-electron chi connectivity index (χ2n) is 11.2. The molecule has 0 heterocycles. The highest BCUT2D eigenvalue weighted by Crippen LogP contribution is 2.34. The number of para-hydroxylation sites is 8. The Labute approximate surface area is 286 Å². The zero-order chi connectivity index (χ0) is 35.0. The first-order valence-electron chi connectivity index (χ1n) is 15.7. The molecule has 13 nitrogen and oxygen atoms in total. The van der Waals surface area contributed by atoms with Crippen molar-refractivity contribution in [2.75, 3.05) is 82.1 Å². The molecule has 0 amide bonds. The molecule has 0 aliphatic heterocycles. The molecule has 4 aromatic carbocycles. The molecule has 0 saturated heterocycles. The molecule has 0 spiro atoms. The molecule has 4 aromatic rings. The molecule has 0 aliphatic carbocycles. The zero-order valence-electron chi connectivity index (χ0n) is 28.0. The lowest BCUT2D eigenvalue weighted by atomic mass is 9.92. The van der Waals surface area contributed by atoms with Crippen molar-refractivity contribution in [3.8, 4) is 23.0 Å². The number of hydrogen-bond donors (Lipinski definition) is 7. The normalized spacial score (nSPS) is 12.4. The Kier molecular flexibility index (Phi) is 14.0. The molecule has 7 N–H and O–H groups in total. The number of benzene rings is 4. The maximum Gasteiger partial charge on any atom is 0.243 e. The predicted octanol–water partition coefficient (Wildman–Crippen LogP) is 4.75. The summed E-state index contributed by atoms with van der Waals surface area (Å²) in [5.41, 5.74) is 1.43. The van der Waals surface area contributed by atoms with E-state index in [0.29, 0.717) is 40.1 Å². The van der Waals surface area contributed by atoms with Gasteiger partial charge in [0.1, 0.15) is 75.0 Å². The van der Waals surface area contributed by atoms with E-state index in [2.05, 4.69) is 21.3 Å². The summed E-state index contributed by atoms with van der Waals surface area (Å²) in [6, 6.07) is 29.2. The van der Waals surface area contributed by atoms with Gasteiger partial charge in [-0.2, -0.15) is 0 Å². The number of methoxy groups -OCH3 is 2. The van der Waals surface area contributed by atoms with Crippen LogP contribution in [0.4, 0.5) is 22.7 Å². The van der Waals surface area contributed by atoms with E-state index in [1.807, 2.05) is 60.7 Å². The van der Waals surface area contributed by atoms with E-state index in [1.54, 1.807) is 43.5 Å². The SMILES string of the molecule is COCNc1ccccc1OCC(COc1ccccc1NCO)(COc1ccccc1NCO)COc1ccccc1NC(C)(O)OC. The average Bonchev–Trinajstić information content (AvgIpc) is 3.12. The summed E-state index contributed by atoms with van der Waals surface area (Å²) in [4.78, 5) is 0. The number of nitrogens with one attached hydrogen (secondary N) is 4. The van der Waals surface area contributed by atoms with E-state index in [-0.39, 0.29) is 46.6 Å². The third-order valence-corrected chi connectivity index (χ3v) is 7.39. The van der Waals surface area contributed by atoms with Gasteiger partial charge in [0.15, 0.2) is 0 Å². The summed E-state index contributed by atoms with van der Waals surface area (Å²) in [5, 5.41) is 41.7. The van der Waals surface area contributed by atoms with Crippen molar-refractivity contribution in [3.05, 3.63) is 97.1 Å². The van der Waals surface area contributed by atoms with Crippen LogP contribution >= 0.6 is 0 Å². The second kappa shape index (κ2) is 18.6. The molecule has 1 atom stereocenters. The van der Waals surface area contributed by atoms with Gasteiger partial charge in [-0.1, -0.05) is 48.5 Å². The van der Waals surface area contributed by atoms with Gasteiger partial charge in [0.05, 0.1) is 22.7 Å². The fourth-order valence-electron chi connectivity index (χ4n) is 4.71. The first-order valence-corrected chi connectivity index (χ1v) is 15.7. The number of anilines is 4. The van der Waals surface area contributed by atoms with Crippen molar-refractivity contribution in [1.29, 1.82) is 0 Å². The number of rotatable bonds is 22. The zero-order valence-corrected chi connectivity index (χ0v) is 28.0. The number of aliphatic hydroxyl groups is 3. The molecular formula is C36H46N4O9. The van der Waals surface area contributed by atoms with Crippen molar-refractivity contribution in [3.63, 3.8) is 0 Å². The van der Waals surface area contributed by atoms with E-state index in [0.717, 1.165) is 5.69 Å². The molecule has 0 saturated carbocycles. The fraction of sp³-hybridized carbons (Fsp3) is 0.333. The van der Waals surface area contributed by atoms with Gasteiger partial charge in [0, 0.05) is 21.1 Å². The molecular weight excluding hydrogens is 632 g/mol. The summed E-state index contributed by atoms with van der Waals surface area (Å²) >= 11 is 0. The van der Waals surface area contributed by atoms with Gasteiger partial charge in [-0.15, -0.1) is 0 Å². The van der Waals surface area contributed by atoms with Gasteiger partial charge in [0.25, 0.3) is 0 Å². The molecule has 4 rings (SSSR count). The van der Waals surface area contributed by atoms with Crippen LogP contribution in [0.15, 0.2) is 97.1 Å². The van der Waals surface area contributed by atoms with Crippen LogP contribution in [0.2, 0.25) is 0 Å². The first-order chi connectivity index (χ1) is 23.8. The standard InChI is InChI=1S/C36H46N4O9/c1-35(43,45-3)40-30-15-7-11-19-34(30)49-23-36(20-46-31-16-8-4-12-27(31)37-24-41,21-47-32-17-9-5-13-28(32)38-25-42)22-48-33-18-10-6-14-29(33)39-26-44-2/h4-19,37-43H,20-26H2,1-3H3. The Balaban J connectivity index is 1.73. The fourth-order valence-corrected chi connectivity index (χ4v) is 4.71. The van der Waals surface area contributed by atoms with Gasteiger partial charge in [-0.05, 0) is 48.5 Å². The summed E-state index contributed by atoms with van der Waals surface area (Å²) in [5.74, 6) is 0.368. The Morgan fingerprint density at radius 3 is 1.24 bits per heavy atom. The topological polar surface area (TPSA) is 164 Å². The summed E-state index contributed by atoms with van der Waals surface area (Å²) in [6.45, 7) is 1.38. The largest absolute Gasteiger partial charge is 0.490 e. The number of hydrogen-bond acceptors (Lipinski definition) is 13. The smallest absolute Gasteiger partial charge is 0.243 e. The van der Waals surface area contributed by atoms with Crippen LogP contribution < -0.4 is 40.2 Å². The first kappa shape index (κ1) is 36.9. The van der Waals surface area contributed by atoms with Crippen molar-refractivity contribution >= 4 is 22.7 Å². The van der Waals surface area contributed by atoms with Gasteiger partial charge < -0.3 is 65.0 Å². The minimum Gasteiger partial charge on any atom is -0.490 e. The van der Waals surface area contributed by atoms with Gasteiger partial charge in [-0.3, -0.25) is 0 Å². The predicted molar refractivity (Wildman–Crippen MR) is 188 cm³/mol. The third kappa shape index (κ3) is 11.1. The Hall–Kier alpha value is -4.92. The van der Waals surface area contributed by atoms with Gasteiger partial charge >= 0.3 is 0 Å². The quantitative estimate of drug-likeness (QED) is 0.0571. The molecule has 264 valence electrons. The lowest BCUT2D eigenvalue weighted by molar-refractivity contribution is -0.147. The Morgan fingerprint density at radius 2 is 0.878 bits per heavy atom. The van der Waals surface area contributed by atoms with Gasteiger partial charge in [0.2, 0.25) is 5.91 Å². The average molecular weight is 679 g/mol. The molecule has 0 aromatic heterocycles. The highest BCUT2D eigenvalue weighted by atomic mass is 16.6. The molecule has 1 unspecified atom stereocenters. The molecule has 13 heteroatoms. The molecule has 0 fully saturated rings. The van der Waals surface area contributed by atoms with Crippen molar-refractivity contribution in [2.24, 2.45) is 5.41 Å². The highest BCUT2D eigenvalue weighted by molar-refractivity contribution is 5.58. The monoisotopic (exact) mass is 678 g/mol. The van der Waals surface area contributed by atoms with Crippen molar-refractivity contribution in [2.45, 2.75) is 12.8 Å². The van der Waals surface area contributed by atoms with Crippen LogP contribution in [0.25, 0.3) is 0 Å². The van der Waals surface area contributed by atoms with Crippen LogP contribution in [0, 0.1) is 5.41 Å². The van der Waals surface area contributed by atoms with E-state index in [4.69, 9.17) is 28.4 Å². The maximum absolute atomic E-state index is 10.6. The molecule has 0 bridgehead atoms. The number of aliphatic hydroxyl groups excluding tert-OH is 2. The van der Waals surface area contributed by atoms with E-state index in [9.17, 15) is 15.3 Å². The maximum atomic E-state index is 10.6. The molecule has 0 radical (unpaired) electrons. The van der Waals surface area contributed by atoms with Crippen LogP contribution in [0.3, 0.4) is 0 Å².